The van der Waals surface area contributed by atoms with Crippen LogP contribution in [0.15, 0.2) is 53.4 Å². The first-order chi connectivity index (χ1) is 11.4. The number of benzene rings is 2. The molecule has 0 bridgehead atoms. The molecule has 0 fully saturated rings. The Bertz CT molecular complexity index is 810. The first-order valence-corrected chi connectivity index (χ1v) is 9.00. The lowest BCUT2D eigenvalue weighted by Crippen LogP contribution is -2.37. The number of carbonyl (C=O) groups is 1. The molecule has 0 aliphatic heterocycles. The summed E-state index contributed by atoms with van der Waals surface area (Å²) >= 11 is 5.84. The predicted octanol–water partition coefficient (Wildman–Crippen LogP) is 2.12. The van der Waals surface area contributed by atoms with Gasteiger partial charge in [-0.2, -0.15) is 0 Å². The summed E-state index contributed by atoms with van der Waals surface area (Å²) < 4.78 is 39.1. The fraction of sp³-hybridized carbons (Fsp3) is 0.188. The molecule has 0 aliphatic carbocycles. The van der Waals surface area contributed by atoms with Crippen LogP contribution in [0.5, 0.6) is 0 Å². The maximum absolute atomic E-state index is 12.8. The number of amides is 1. The van der Waals surface area contributed by atoms with Gasteiger partial charge in [0.25, 0.3) is 0 Å². The van der Waals surface area contributed by atoms with Crippen molar-refractivity contribution in [1.29, 1.82) is 0 Å². The summed E-state index contributed by atoms with van der Waals surface area (Å²) in [5.74, 6) is -0.787. The largest absolute Gasteiger partial charge is 0.355 e. The van der Waals surface area contributed by atoms with Crippen LogP contribution in [0.4, 0.5) is 4.39 Å². The zero-order chi connectivity index (χ0) is 17.6. The second-order valence-electron chi connectivity index (χ2n) is 4.98. The number of rotatable bonds is 7. The molecule has 8 heteroatoms. The van der Waals surface area contributed by atoms with E-state index in [0.29, 0.717) is 13.0 Å². The Balaban J connectivity index is 1.80. The first-order valence-electron chi connectivity index (χ1n) is 7.14. The zero-order valence-electron chi connectivity index (χ0n) is 12.6. The van der Waals surface area contributed by atoms with Gasteiger partial charge in [0.05, 0.1) is 11.6 Å². The Morgan fingerprint density at radius 1 is 1.08 bits per heavy atom. The summed E-state index contributed by atoms with van der Waals surface area (Å²) in [5, 5.41) is 2.68. The molecule has 128 valence electrons. The molecule has 0 saturated carbocycles. The van der Waals surface area contributed by atoms with Gasteiger partial charge in [0.1, 0.15) is 10.7 Å². The Hall–Kier alpha value is -1.96. The average molecular weight is 371 g/mol. The van der Waals surface area contributed by atoms with Crippen LogP contribution >= 0.6 is 11.6 Å². The maximum Gasteiger partial charge on any atom is 0.242 e. The molecule has 1 amide bonds. The highest BCUT2D eigenvalue weighted by Crippen LogP contribution is 2.19. The van der Waals surface area contributed by atoms with Crippen LogP contribution in [-0.4, -0.2) is 27.4 Å². The van der Waals surface area contributed by atoms with Crippen LogP contribution in [0.25, 0.3) is 0 Å². The minimum atomic E-state index is -3.85. The third-order valence-electron chi connectivity index (χ3n) is 3.20. The van der Waals surface area contributed by atoms with E-state index in [4.69, 9.17) is 11.6 Å². The topological polar surface area (TPSA) is 75.3 Å². The molecule has 0 aromatic heterocycles. The standard InChI is InChI=1S/C16H16ClFN2O3S/c17-14-3-1-2-4-15(14)24(22,23)20-11-16(21)19-10-9-12-5-7-13(18)8-6-12/h1-8,20H,9-11H2,(H,19,21). The van der Waals surface area contributed by atoms with Crippen molar-refractivity contribution in [3.8, 4) is 0 Å². The van der Waals surface area contributed by atoms with Crippen molar-refractivity contribution in [3.63, 3.8) is 0 Å². The lowest BCUT2D eigenvalue weighted by Gasteiger charge is -2.09. The van der Waals surface area contributed by atoms with Gasteiger partial charge < -0.3 is 5.32 Å². The Labute approximate surface area is 144 Å². The molecule has 0 heterocycles. The molecule has 0 aliphatic rings. The van der Waals surface area contributed by atoms with Gasteiger partial charge >= 0.3 is 0 Å². The Morgan fingerprint density at radius 2 is 1.75 bits per heavy atom. The van der Waals surface area contributed by atoms with Gasteiger partial charge in [0, 0.05) is 6.54 Å². The van der Waals surface area contributed by atoms with E-state index in [9.17, 15) is 17.6 Å². The first kappa shape index (κ1) is 18.4. The van der Waals surface area contributed by atoms with E-state index in [1.807, 2.05) is 0 Å². The Kier molecular flexibility index (Phi) is 6.30. The Morgan fingerprint density at radius 3 is 2.42 bits per heavy atom. The normalized spacial score (nSPS) is 11.2. The fourth-order valence-electron chi connectivity index (χ4n) is 1.96. The van der Waals surface area contributed by atoms with Gasteiger partial charge in [-0.3, -0.25) is 4.79 Å². The maximum atomic E-state index is 12.8. The molecule has 2 N–H and O–H groups in total. The van der Waals surface area contributed by atoms with E-state index < -0.39 is 22.5 Å². The minimum Gasteiger partial charge on any atom is -0.355 e. The lowest BCUT2D eigenvalue weighted by atomic mass is 10.1. The molecular weight excluding hydrogens is 355 g/mol. The molecule has 2 aromatic carbocycles. The number of hydrogen-bond donors (Lipinski definition) is 2. The smallest absolute Gasteiger partial charge is 0.242 e. The van der Waals surface area contributed by atoms with Crippen molar-refractivity contribution in [2.75, 3.05) is 13.1 Å². The highest BCUT2D eigenvalue weighted by Gasteiger charge is 2.18. The van der Waals surface area contributed by atoms with E-state index in [1.165, 1.54) is 24.3 Å². The molecule has 0 unspecified atom stereocenters. The van der Waals surface area contributed by atoms with Gasteiger partial charge in [-0.15, -0.1) is 0 Å². The monoisotopic (exact) mass is 370 g/mol. The quantitative estimate of drug-likeness (QED) is 0.783. The second-order valence-corrected chi connectivity index (χ2v) is 7.12. The van der Waals surface area contributed by atoms with Crippen molar-refractivity contribution in [2.45, 2.75) is 11.3 Å². The SMILES string of the molecule is O=C(CNS(=O)(=O)c1ccccc1Cl)NCCc1ccc(F)cc1. The summed E-state index contributed by atoms with van der Waals surface area (Å²) in [6.07, 6.45) is 0.517. The van der Waals surface area contributed by atoms with Crippen LogP contribution in [0.2, 0.25) is 5.02 Å². The molecular formula is C16H16ClFN2O3S. The number of sulfonamides is 1. The highest BCUT2D eigenvalue weighted by atomic mass is 35.5. The fourth-order valence-corrected chi connectivity index (χ4v) is 3.46. The van der Waals surface area contributed by atoms with Crippen LogP contribution in [0, 0.1) is 5.82 Å². The molecule has 2 rings (SSSR count). The van der Waals surface area contributed by atoms with Crippen LogP contribution in [0.1, 0.15) is 5.56 Å². The summed E-state index contributed by atoms with van der Waals surface area (Å²) in [7, 11) is -3.85. The minimum absolute atomic E-state index is 0.0780. The van der Waals surface area contributed by atoms with Crippen LogP contribution < -0.4 is 10.0 Å². The number of nitrogens with one attached hydrogen (secondary N) is 2. The van der Waals surface area contributed by atoms with E-state index in [1.54, 1.807) is 24.3 Å². The number of halogens is 2. The summed E-state index contributed by atoms with van der Waals surface area (Å²) in [5.41, 5.74) is 0.869. The van der Waals surface area contributed by atoms with Gasteiger partial charge in [0.2, 0.25) is 15.9 Å². The van der Waals surface area contributed by atoms with Crippen molar-refractivity contribution in [3.05, 3.63) is 64.9 Å². The lowest BCUT2D eigenvalue weighted by molar-refractivity contribution is -0.119. The average Bonchev–Trinajstić information content (AvgIpc) is 2.55. The van der Waals surface area contributed by atoms with Gasteiger partial charge in [-0.1, -0.05) is 35.9 Å². The van der Waals surface area contributed by atoms with Crippen LogP contribution in [0.3, 0.4) is 0 Å². The molecule has 0 radical (unpaired) electrons. The zero-order valence-corrected chi connectivity index (χ0v) is 14.2. The number of carbonyl (C=O) groups excluding carboxylic acids is 1. The van der Waals surface area contributed by atoms with Crippen molar-refractivity contribution >= 4 is 27.5 Å². The van der Waals surface area contributed by atoms with Gasteiger partial charge in [-0.05, 0) is 36.2 Å². The molecule has 0 saturated heterocycles. The second kappa shape index (κ2) is 8.23. The van der Waals surface area contributed by atoms with Gasteiger partial charge in [-0.25, -0.2) is 17.5 Å². The highest BCUT2D eigenvalue weighted by molar-refractivity contribution is 7.89. The summed E-state index contributed by atoms with van der Waals surface area (Å²) in [4.78, 5) is 11.6. The van der Waals surface area contributed by atoms with E-state index in [2.05, 4.69) is 10.0 Å². The van der Waals surface area contributed by atoms with Crippen molar-refractivity contribution in [1.82, 2.24) is 10.0 Å². The van der Waals surface area contributed by atoms with E-state index >= 15 is 0 Å². The molecule has 5 nitrogen and oxygen atoms in total. The van der Waals surface area contributed by atoms with Crippen molar-refractivity contribution < 1.29 is 17.6 Å². The third kappa shape index (κ3) is 5.30. The van der Waals surface area contributed by atoms with Gasteiger partial charge in [0.15, 0.2) is 0 Å². The van der Waals surface area contributed by atoms with E-state index in [-0.39, 0.29) is 15.7 Å². The summed E-state index contributed by atoms with van der Waals surface area (Å²) in [6.45, 7) is -0.0741. The van der Waals surface area contributed by atoms with Crippen LogP contribution in [-0.2, 0) is 21.2 Å². The molecule has 2 aromatic rings. The molecule has 0 atom stereocenters. The molecule has 24 heavy (non-hydrogen) atoms. The molecule has 0 spiro atoms. The summed E-state index contributed by atoms with van der Waals surface area (Å²) in [6, 6.07) is 11.9. The van der Waals surface area contributed by atoms with Crippen molar-refractivity contribution in [2.24, 2.45) is 0 Å². The van der Waals surface area contributed by atoms with E-state index in [0.717, 1.165) is 5.56 Å². The predicted molar refractivity (Wildman–Crippen MR) is 89.8 cm³/mol. The third-order valence-corrected chi connectivity index (χ3v) is 5.10. The number of hydrogen-bond acceptors (Lipinski definition) is 3.